The van der Waals surface area contributed by atoms with Gasteiger partial charge in [0.05, 0.1) is 13.0 Å². The van der Waals surface area contributed by atoms with Crippen molar-refractivity contribution < 1.29 is 19.1 Å². The zero-order chi connectivity index (χ0) is 19.6. The Labute approximate surface area is 168 Å². The Morgan fingerprint density at radius 3 is 2.52 bits per heavy atom. The van der Waals surface area contributed by atoms with Crippen molar-refractivity contribution in [1.82, 2.24) is 4.90 Å². The van der Waals surface area contributed by atoms with Crippen molar-refractivity contribution in [2.75, 3.05) is 19.8 Å². The maximum absolute atomic E-state index is 12.7. The number of halogens is 1. The van der Waals surface area contributed by atoms with Crippen LogP contribution in [0.5, 0.6) is 5.75 Å². The van der Waals surface area contributed by atoms with Crippen LogP contribution in [-0.2, 0) is 20.9 Å². The van der Waals surface area contributed by atoms with Gasteiger partial charge in [-0.25, -0.2) is 0 Å². The Kier molecular flexibility index (Phi) is 8.33. The summed E-state index contributed by atoms with van der Waals surface area (Å²) < 4.78 is 11.6. The predicted molar refractivity (Wildman–Crippen MR) is 107 cm³/mol. The maximum Gasteiger partial charge on any atom is 0.307 e. The molecule has 0 saturated heterocycles. The van der Waals surface area contributed by atoms with Crippen LogP contribution in [0, 0.1) is 6.92 Å². The summed E-state index contributed by atoms with van der Waals surface area (Å²) in [6.07, 6.45) is 0.156. The third-order valence-electron chi connectivity index (χ3n) is 3.95. The summed E-state index contributed by atoms with van der Waals surface area (Å²) in [6.45, 7) is 4.64. The van der Waals surface area contributed by atoms with E-state index in [1.54, 1.807) is 11.8 Å². The number of ether oxygens (including phenoxy) is 2. The second-order valence-corrected chi connectivity index (χ2v) is 6.97. The zero-order valence-corrected chi connectivity index (χ0v) is 17.2. The van der Waals surface area contributed by atoms with E-state index in [1.807, 2.05) is 55.5 Å². The van der Waals surface area contributed by atoms with Crippen molar-refractivity contribution in [3.63, 3.8) is 0 Å². The lowest BCUT2D eigenvalue weighted by Crippen LogP contribution is -2.36. The van der Waals surface area contributed by atoms with Gasteiger partial charge in [-0.2, -0.15) is 0 Å². The van der Waals surface area contributed by atoms with Gasteiger partial charge in [-0.1, -0.05) is 46.3 Å². The molecule has 0 aliphatic rings. The van der Waals surface area contributed by atoms with E-state index >= 15 is 0 Å². The SMILES string of the molecule is CCOC(=O)CCN(Cc1ccccc1)C(=O)COc1ccc(Br)cc1C. The summed E-state index contributed by atoms with van der Waals surface area (Å²) in [6, 6.07) is 15.3. The second kappa shape index (κ2) is 10.7. The summed E-state index contributed by atoms with van der Waals surface area (Å²) in [5.74, 6) is 0.176. The van der Waals surface area contributed by atoms with E-state index in [0.29, 0.717) is 18.9 Å². The van der Waals surface area contributed by atoms with Crippen molar-refractivity contribution in [2.24, 2.45) is 0 Å². The Bertz CT molecular complexity index is 764. The van der Waals surface area contributed by atoms with Gasteiger partial charge in [-0.3, -0.25) is 9.59 Å². The lowest BCUT2D eigenvalue weighted by molar-refractivity contribution is -0.144. The Hall–Kier alpha value is -2.34. The molecule has 0 aliphatic carbocycles. The molecule has 0 unspecified atom stereocenters. The van der Waals surface area contributed by atoms with E-state index in [0.717, 1.165) is 15.6 Å². The summed E-state index contributed by atoms with van der Waals surface area (Å²) in [4.78, 5) is 26.0. The third-order valence-corrected chi connectivity index (χ3v) is 4.44. The standard InChI is InChI=1S/C21H24BrNO4/c1-3-26-21(25)11-12-23(14-17-7-5-4-6-8-17)20(24)15-27-19-10-9-18(22)13-16(19)2/h4-10,13H,3,11-12,14-15H2,1-2H3. The van der Waals surface area contributed by atoms with Crippen LogP contribution in [0.25, 0.3) is 0 Å². The van der Waals surface area contributed by atoms with Gasteiger partial charge in [-0.05, 0) is 43.2 Å². The number of esters is 1. The number of hydrogen-bond donors (Lipinski definition) is 0. The smallest absolute Gasteiger partial charge is 0.307 e. The summed E-state index contributed by atoms with van der Waals surface area (Å²) >= 11 is 3.41. The van der Waals surface area contributed by atoms with E-state index in [9.17, 15) is 9.59 Å². The molecule has 27 heavy (non-hydrogen) atoms. The molecular formula is C21H24BrNO4. The Morgan fingerprint density at radius 2 is 1.85 bits per heavy atom. The van der Waals surface area contributed by atoms with E-state index in [4.69, 9.17) is 9.47 Å². The normalized spacial score (nSPS) is 10.3. The molecule has 0 atom stereocenters. The first-order valence-electron chi connectivity index (χ1n) is 8.86. The molecule has 0 radical (unpaired) electrons. The fourth-order valence-corrected chi connectivity index (χ4v) is 3.04. The third kappa shape index (κ3) is 7.06. The molecule has 0 bridgehead atoms. The topological polar surface area (TPSA) is 55.8 Å². The molecule has 0 aliphatic heterocycles. The van der Waals surface area contributed by atoms with Crippen molar-refractivity contribution in [3.8, 4) is 5.75 Å². The molecule has 144 valence electrons. The van der Waals surface area contributed by atoms with Crippen LogP contribution >= 0.6 is 15.9 Å². The lowest BCUT2D eigenvalue weighted by atomic mass is 10.2. The van der Waals surface area contributed by atoms with Crippen molar-refractivity contribution in [2.45, 2.75) is 26.8 Å². The number of benzene rings is 2. The van der Waals surface area contributed by atoms with Crippen molar-refractivity contribution >= 4 is 27.8 Å². The Balaban J connectivity index is 2.01. The predicted octanol–water partition coefficient (Wildman–Crippen LogP) is 4.12. The van der Waals surface area contributed by atoms with Crippen molar-refractivity contribution in [1.29, 1.82) is 0 Å². The van der Waals surface area contributed by atoms with Crippen LogP contribution in [0.4, 0.5) is 0 Å². The molecule has 2 rings (SSSR count). The summed E-state index contributed by atoms with van der Waals surface area (Å²) in [5.41, 5.74) is 1.94. The number of nitrogens with zero attached hydrogens (tertiary/aromatic N) is 1. The van der Waals surface area contributed by atoms with Gasteiger partial charge >= 0.3 is 5.97 Å². The molecule has 0 fully saturated rings. The van der Waals surface area contributed by atoms with E-state index in [1.165, 1.54) is 0 Å². The van der Waals surface area contributed by atoms with Gasteiger partial charge in [0.1, 0.15) is 5.75 Å². The second-order valence-electron chi connectivity index (χ2n) is 6.05. The number of carbonyl (C=O) groups excluding carboxylic acids is 2. The minimum Gasteiger partial charge on any atom is -0.483 e. The highest BCUT2D eigenvalue weighted by atomic mass is 79.9. The number of carbonyl (C=O) groups is 2. The molecule has 5 nitrogen and oxygen atoms in total. The van der Waals surface area contributed by atoms with Crippen LogP contribution in [0.2, 0.25) is 0 Å². The van der Waals surface area contributed by atoms with Crippen LogP contribution < -0.4 is 4.74 Å². The summed E-state index contributed by atoms with van der Waals surface area (Å²) in [5, 5.41) is 0. The van der Waals surface area contributed by atoms with Gasteiger partial charge < -0.3 is 14.4 Å². The highest BCUT2D eigenvalue weighted by Crippen LogP contribution is 2.22. The van der Waals surface area contributed by atoms with Gasteiger partial charge in [0.2, 0.25) is 0 Å². The lowest BCUT2D eigenvalue weighted by Gasteiger charge is -2.23. The minimum absolute atomic E-state index is 0.0852. The van der Waals surface area contributed by atoms with Crippen molar-refractivity contribution in [3.05, 3.63) is 64.1 Å². The van der Waals surface area contributed by atoms with Gasteiger partial charge in [0, 0.05) is 17.6 Å². The molecule has 2 aromatic rings. The van der Waals surface area contributed by atoms with Gasteiger partial charge in [-0.15, -0.1) is 0 Å². The highest BCUT2D eigenvalue weighted by Gasteiger charge is 2.17. The van der Waals surface area contributed by atoms with E-state index in [-0.39, 0.29) is 31.4 Å². The number of rotatable bonds is 9. The Morgan fingerprint density at radius 1 is 1.11 bits per heavy atom. The molecule has 6 heteroatoms. The van der Waals surface area contributed by atoms with Gasteiger partial charge in [0.15, 0.2) is 6.61 Å². The molecule has 0 saturated carbocycles. The average molecular weight is 434 g/mol. The van der Waals surface area contributed by atoms with E-state index < -0.39 is 0 Å². The highest BCUT2D eigenvalue weighted by molar-refractivity contribution is 9.10. The molecule has 0 heterocycles. The molecule has 2 aromatic carbocycles. The van der Waals surface area contributed by atoms with Gasteiger partial charge in [0.25, 0.3) is 5.91 Å². The summed E-state index contributed by atoms with van der Waals surface area (Å²) in [7, 11) is 0. The maximum atomic E-state index is 12.7. The monoisotopic (exact) mass is 433 g/mol. The number of amides is 1. The zero-order valence-electron chi connectivity index (χ0n) is 15.6. The number of hydrogen-bond acceptors (Lipinski definition) is 4. The molecule has 0 N–H and O–H groups in total. The largest absolute Gasteiger partial charge is 0.483 e. The van der Waals surface area contributed by atoms with Crippen LogP contribution in [0.15, 0.2) is 53.0 Å². The van der Waals surface area contributed by atoms with E-state index in [2.05, 4.69) is 15.9 Å². The van der Waals surface area contributed by atoms with Crippen LogP contribution in [0.3, 0.4) is 0 Å². The molecule has 0 aromatic heterocycles. The fourth-order valence-electron chi connectivity index (χ4n) is 2.56. The minimum atomic E-state index is -0.312. The first kappa shape index (κ1) is 21.0. The first-order valence-corrected chi connectivity index (χ1v) is 9.65. The molecule has 0 spiro atoms. The van der Waals surface area contributed by atoms with Crippen LogP contribution in [0.1, 0.15) is 24.5 Å². The fraction of sp³-hybridized carbons (Fsp3) is 0.333. The quantitative estimate of drug-likeness (QED) is 0.558. The molecule has 1 amide bonds. The average Bonchev–Trinajstić information content (AvgIpc) is 2.65. The number of aryl methyl sites for hydroxylation is 1. The molecular weight excluding hydrogens is 410 g/mol. The first-order chi connectivity index (χ1) is 13.0. The van der Waals surface area contributed by atoms with Crippen LogP contribution in [-0.4, -0.2) is 36.5 Å².